The van der Waals surface area contributed by atoms with Crippen LogP contribution >= 0.6 is 11.8 Å². The third kappa shape index (κ3) is 6.81. The van der Waals surface area contributed by atoms with Gasteiger partial charge in [0, 0.05) is 16.3 Å². The van der Waals surface area contributed by atoms with Gasteiger partial charge in [0.15, 0.2) is 0 Å². The standard InChI is InChI=1S/C30H30N2O3S2/c1-22-9-16-28(17-10-22)37(34,35)32(29-18-11-23(2)19-24(29)3)20-30(33)31-26-14-12-25(13-15-26)21-36-27-7-5-4-6-8-27/h4-19H,20-21H2,1-3H3,(H,31,33). The number of nitrogens with zero attached hydrogens (tertiary/aromatic N) is 1. The molecule has 0 aliphatic carbocycles. The van der Waals surface area contributed by atoms with Crippen LogP contribution in [0.5, 0.6) is 0 Å². The lowest BCUT2D eigenvalue weighted by Gasteiger charge is -2.26. The average molecular weight is 531 g/mol. The van der Waals surface area contributed by atoms with Crippen molar-refractivity contribution in [3.8, 4) is 0 Å². The Morgan fingerprint density at radius 1 is 0.811 bits per heavy atom. The Kier molecular flexibility index (Phi) is 8.36. The van der Waals surface area contributed by atoms with E-state index in [1.807, 2.05) is 75.4 Å². The Hall–Kier alpha value is -3.55. The molecule has 0 saturated heterocycles. The van der Waals surface area contributed by atoms with Gasteiger partial charge in [-0.15, -0.1) is 11.8 Å². The summed E-state index contributed by atoms with van der Waals surface area (Å²) in [5.74, 6) is 0.398. The van der Waals surface area contributed by atoms with E-state index < -0.39 is 15.9 Å². The molecule has 4 aromatic rings. The van der Waals surface area contributed by atoms with Gasteiger partial charge in [-0.3, -0.25) is 9.10 Å². The second-order valence-corrected chi connectivity index (χ2v) is 11.9. The summed E-state index contributed by atoms with van der Waals surface area (Å²) in [6.45, 7) is 5.36. The van der Waals surface area contributed by atoms with Gasteiger partial charge < -0.3 is 5.32 Å². The van der Waals surface area contributed by atoms with E-state index >= 15 is 0 Å². The number of anilines is 2. The fraction of sp³-hybridized carbons (Fsp3) is 0.167. The largest absolute Gasteiger partial charge is 0.325 e. The fourth-order valence-corrected chi connectivity index (χ4v) is 6.28. The molecule has 0 atom stereocenters. The molecule has 7 heteroatoms. The smallest absolute Gasteiger partial charge is 0.264 e. The van der Waals surface area contributed by atoms with Crippen LogP contribution in [-0.4, -0.2) is 20.9 Å². The second-order valence-electron chi connectivity index (χ2n) is 8.96. The highest BCUT2D eigenvalue weighted by molar-refractivity contribution is 7.98. The zero-order valence-corrected chi connectivity index (χ0v) is 22.8. The second kappa shape index (κ2) is 11.7. The zero-order chi connectivity index (χ0) is 26.4. The first kappa shape index (κ1) is 26.5. The van der Waals surface area contributed by atoms with Crippen molar-refractivity contribution in [2.75, 3.05) is 16.2 Å². The molecule has 1 amide bonds. The predicted molar refractivity (Wildman–Crippen MR) is 153 cm³/mol. The Morgan fingerprint density at radius 2 is 1.46 bits per heavy atom. The number of carbonyl (C=O) groups excluding carboxylic acids is 1. The van der Waals surface area contributed by atoms with Crippen LogP contribution < -0.4 is 9.62 Å². The maximum Gasteiger partial charge on any atom is 0.264 e. The van der Waals surface area contributed by atoms with E-state index in [4.69, 9.17) is 0 Å². The quantitative estimate of drug-likeness (QED) is 0.244. The fourth-order valence-electron chi connectivity index (χ4n) is 3.92. The highest BCUT2D eigenvalue weighted by Crippen LogP contribution is 2.28. The summed E-state index contributed by atoms with van der Waals surface area (Å²) in [6, 6.07) is 30.0. The Bertz CT molecular complexity index is 1470. The van der Waals surface area contributed by atoms with Crippen LogP contribution in [0.15, 0.2) is 107 Å². The topological polar surface area (TPSA) is 66.5 Å². The molecule has 0 aromatic heterocycles. The van der Waals surface area contributed by atoms with Crippen LogP contribution in [0.3, 0.4) is 0 Å². The SMILES string of the molecule is Cc1ccc(S(=O)(=O)N(CC(=O)Nc2ccc(CSc3ccccc3)cc2)c2ccc(C)cc2C)cc1. The number of sulfonamides is 1. The lowest BCUT2D eigenvalue weighted by atomic mass is 10.1. The van der Waals surface area contributed by atoms with Crippen molar-refractivity contribution in [2.24, 2.45) is 0 Å². The van der Waals surface area contributed by atoms with E-state index in [0.29, 0.717) is 11.4 Å². The van der Waals surface area contributed by atoms with E-state index in [9.17, 15) is 13.2 Å². The van der Waals surface area contributed by atoms with Gasteiger partial charge >= 0.3 is 0 Å². The highest BCUT2D eigenvalue weighted by Gasteiger charge is 2.28. The first-order chi connectivity index (χ1) is 17.7. The number of benzene rings is 4. The maximum atomic E-state index is 13.6. The Labute approximate surface area is 223 Å². The van der Waals surface area contributed by atoms with Gasteiger partial charge in [-0.2, -0.15) is 0 Å². The molecule has 0 radical (unpaired) electrons. The molecule has 37 heavy (non-hydrogen) atoms. The molecule has 4 rings (SSSR count). The van der Waals surface area contributed by atoms with E-state index in [2.05, 4.69) is 17.4 Å². The average Bonchev–Trinajstić information content (AvgIpc) is 2.88. The number of hydrogen-bond acceptors (Lipinski definition) is 4. The lowest BCUT2D eigenvalue weighted by molar-refractivity contribution is -0.114. The minimum absolute atomic E-state index is 0.145. The molecule has 0 bridgehead atoms. The molecular formula is C30H30N2O3S2. The van der Waals surface area contributed by atoms with E-state index in [1.165, 1.54) is 9.20 Å². The van der Waals surface area contributed by atoms with Crippen LogP contribution in [0.2, 0.25) is 0 Å². The normalized spacial score (nSPS) is 11.2. The molecular weight excluding hydrogens is 500 g/mol. The van der Waals surface area contributed by atoms with E-state index in [1.54, 1.807) is 42.1 Å². The Balaban J connectivity index is 1.51. The summed E-state index contributed by atoms with van der Waals surface area (Å²) in [5, 5.41) is 2.85. The van der Waals surface area contributed by atoms with Gasteiger partial charge in [0.2, 0.25) is 5.91 Å². The molecule has 4 aromatic carbocycles. The molecule has 5 nitrogen and oxygen atoms in total. The minimum Gasteiger partial charge on any atom is -0.325 e. The first-order valence-electron chi connectivity index (χ1n) is 12.0. The summed E-state index contributed by atoms with van der Waals surface area (Å²) < 4.78 is 28.5. The van der Waals surface area contributed by atoms with Crippen molar-refractivity contribution in [1.29, 1.82) is 0 Å². The van der Waals surface area contributed by atoms with Crippen LogP contribution in [0.1, 0.15) is 22.3 Å². The lowest BCUT2D eigenvalue weighted by Crippen LogP contribution is -2.38. The molecule has 0 aliphatic heterocycles. The van der Waals surface area contributed by atoms with E-state index in [0.717, 1.165) is 28.0 Å². The predicted octanol–water partition coefficient (Wildman–Crippen LogP) is 6.74. The van der Waals surface area contributed by atoms with Crippen molar-refractivity contribution in [3.05, 3.63) is 119 Å². The van der Waals surface area contributed by atoms with Gasteiger partial charge in [0.05, 0.1) is 10.6 Å². The maximum absolute atomic E-state index is 13.6. The van der Waals surface area contributed by atoms with Crippen molar-refractivity contribution in [2.45, 2.75) is 36.3 Å². The number of aryl methyl sites for hydroxylation is 3. The molecule has 0 heterocycles. The van der Waals surface area contributed by atoms with Gasteiger partial charge in [0.1, 0.15) is 6.54 Å². The van der Waals surface area contributed by atoms with Crippen LogP contribution in [0.25, 0.3) is 0 Å². The molecule has 0 saturated carbocycles. The monoisotopic (exact) mass is 530 g/mol. The number of thioether (sulfide) groups is 1. The number of nitrogens with one attached hydrogen (secondary N) is 1. The highest BCUT2D eigenvalue weighted by atomic mass is 32.2. The number of rotatable bonds is 9. The number of amides is 1. The van der Waals surface area contributed by atoms with Crippen molar-refractivity contribution >= 4 is 39.1 Å². The van der Waals surface area contributed by atoms with Gasteiger partial charge in [-0.25, -0.2) is 8.42 Å². The van der Waals surface area contributed by atoms with Gasteiger partial charge in [0.25, 0.3) is 10.0 Å². The van der Waals surface area contributed by atoms with Crippen molar-refractivity contribution < 1.29 is 13.2 Å². The van der Waals surface area contributed by atoms with Crippen LogP contribution in [-0.2, 0) is 20.6 Å². The summed E-state index contributed by atoms with van der Waals surface area (Å²) in [4.78, 5) is 14.4. The third-order valence-corrected chi connectivity index (χ3v) is 8.76. The van der Waals surface area contributed by atoms with Crippen molar-refractivity contribution in [3.63, 3.8) is 0 Å². The first-order valence-corrected chi connectivity index (χ1v) is 14.4. The molecule has 190 valence electrons. The Morgan fingerprint density at radius 3 is 2.11 bits per heavy atom. The number of hydrogen-bond donors (Lipinski definition) is 1. The molecule has 1 N–H and O–H groups in total. The van der Waals surface area contributed by atoms with E-state index in [-0.39, 0.29) is 11.4 Å². The van der Waals surface area contributed by atoms with Crippen LogP contribution in [0, 0.1) is 20.8 Å². The van der Waals surface area contributed by atoms with Gasteiger partial charge in [-0.05, 0) is 74.4 Å². The zero-order valence-electron chi connectivity index (χ0n) is 21.1. The van der Waals surface area contributed by atoms with Gasteiger partial charge in [-0.1, -0.05) is 65.7 Å². The summed E-state index contributed by atoms with van der Waals surface area (Å²) >= 11 is 1.74. The summed E-state index contributed by atoms with van der Waals surface area (Å²) in [5.41, 5.74) is 4.99. The summed E-state index contributed by atoms with van der Waals surface area (Å²) in [7, 11) is -3.96. The minimum atomic E-state index is -3.96. The molecule has 0 aliphatic rings. The molecule has 0 fully saturated rings. The van der Waals surface area contributed by atoms with Crippen LogP contribution in [0.4, 0.5) is 11.4 Å². The number of carbonyl (C=O) groups is 1. The third-order valence-electron chi connectivity index (χ3n) is 5.90. The van der Waals surface area contributed by atoms with Crippen molar-refractivity contribution in [1.82, 2.24) is 0 Å². The summed E-state index contributed by atoms with van der Waals surface area (Å²) in [6.07, 6.45) is 0. The molecule has 0 spiro atoms. The molecule has 0 unspecified atom stereocenters.